The molecular formula is C22H34N4O3. The fraction of sp³-hybridized carbons (Fsp3) is 0.636. The van der Waals surface area contributed by atoms with E-state index >= 15 is 0 Å². The van der Waals surface area contributed by atoms with Gasteiger partial charge in [0.2, 0.25) is 0 Å². The molecule has 3 N–H and O–H groups in total. The van der Waals surface area contributed by atoms with Crippen LogP contribution in [0.2, 0.25) is 0 Å². The first kappa shape index (κ1) is 21.4. The number of guanidine groups is 1. The number of rotatable bonds is 13. The smallest absolute Gasteiger partial charge is 0.258 e. The molecule has 7 nitrogen and oxygen atoms in total. The lowest BCUT2D eigenvalue weighted by Gasteiger charge is -2.12. The van der Waals surface area contributed by atoms with Gasteiger partial charge in [0.25, 0.3) is 5.91 Å². The van der Waals surface area contributed by atoms with E-state index in [1.54, 1.807) is 7.05 Å². The van der Waals surface area contributed by atoms with Crippen molar-refractivity contribution in [3.63, 3.8) is 0 Å². The van der Waals surface area contributed by atoms with Crippen LogP contribution in [-0.4, -0.2) is 57.9 Å². The molecule has 7 heteroatoms. The maximum Gasteiger partial charge on any atom is 0.258 e. The van der Waals surface area contributed by atoms with E-state index in [1.807, 2.05) is 24.3 Å². The Morgan fingerprint density at radius 1 is 1.10 bits per heavy atom. The van der Waals surface area contributed by atoms with Gasteiger partial charge in [-0.15, -0.1) is 0 Å². The third-order valence-corrected chi connectivity index (χ3v) is 4.97. The molecule has 1 aromatic carbocycles. The number of carbonyl (C=O) groups is 1. The van der Waals surface area contributed by atoms with Crippen LogP contribution < -0.4 is 20.7 Å². The number of aliphatic imine (C=N–C) groups is 1. The normalized spacial score (nSPS) is 16.4. The van der Waals surface area contributed by atoms with Crippen molar-refractivity contribution in [2.75, 3.05) is 40.0 Å². The van der Waals surface area contributed by atoms with E-state index in [0.29, 0.717) is 11.8 Å². The van der Waals surface area contributed by atoms with E-state index in [-0.39, 0.29) is 12.5 Å². The Morgan fingerprint density at radius 3 is 2.55 bits per heavy atom. The highest BCUT2D eigenvalue weighted by atomic mass is 16.5. The summed E-state index contributed by atoms with van der Waals surface area (Å²) < 4.78 is 11.2. The van der Waals surface area contributed by atoms with Gasteiger partial charge in [0.1, 0.15) is 5.75 Å². The number of hydrogen-bond acceptors (Lipinski definition) is 4. The van der Waals surface area contributed by atoms with Crippen LogP contribution in [0, 0.1) is 5.92 Å². The lowest BCUT2D eigenvalue weighted by molar-refractivity contribution is -0.123. The molecule has 0 spiro atoms. The second kappa shape index (κ2) is 11.7. The van der Waals surface area contributed by atoms with E-state index in [0.717, 1.165) is 63.9 Å². The molecule has 1 amide bonds. The minimum atomic E-state index is -0.0471. The quantitative estimate of drug-likeness (QED) is 0.267. The van der Waals surface area contributed by atoms with Crippen molar-refractivity contribution in [3.8, 4) is 5.75 Å². The van der Waals surface area contributed by atoms with Gasteiger partial charge in [0.05, 0.1) is 0 Å². The summed E-state index contributed by atoms with van der Waals surface area (Å²) in [7, 11) is 1.78. The van der Waals surface area contributed by atoms with Crippen molar-refractivity contribution >= 4 is 11.9 Å². The van der Waals surface area contributed by atoms with Crippen LogP contribution in [0.1, 0.15) is 37.7 Å². The van der Waals surface area contributed by atoms with Crippen LogP contribution in [0.15, 0.2) is 29.3 Å². The van der Waals surface area contributed by atoms with Crippen molar-refractivity contribution in [3.05, 3.63) is 29.8 Å². The topological polar surface area (TPSA) is 84.0 Å². The molecule has 0 saturated heterocycles. The maximum absolute atomic E-state index is 11.7. The summed E-state index contributed by atoms with van der Waals surface area (Å²) in [6, 6.07) is 8.25. The van der Waals surface area contributed by atoms with E-state index in [2.05, 4.69) is 20.9 Å². The highest BCUT2D eigenvalue weighted by Crippen LogP contribution is 2.28. The zero-order valence-corrected chi connectivity index (χ0v) is 17.4. The molecule has 0 atom stereocenters. The molecule has 2 aliphatic carbocycles. The summed E-state index contributed by atoms with van der Waals surface area (Å²) >= 11 is 0. The Balaban J connectivity index is 1.23. The molecule has 0 bridgehead atoms. The molecule has 3 rings (SSSR count). The van der Waals surface area contributed by atoms with Crippen molar-refractivity contribution in [2.45, 2.75) is 44.6 Å². The molecule has 0 heterocycles. The minimum absolute atomic E-state index is 0.0471. The van der Waals surface area contributed by atoms with Crippen LogP contribution >= 0.6 is 0 Å². The molecule has 1 aromatic rings. The molecule has 0 aromatic heterocycles. The molecule has 0 aliphatic heterocycles. The minimum Gasteiger partial charge on any atom is -0.484 e. The van der Waals surface area contributed by atoms with E-state index in [1.165, 1.54) is 18.4 Å². The fourth-order valence-electron chi connectivity index (χ4n) is 2.86. The molecule has 160 valence electrons. The van der Waals surface area contributed by atoms with Crippen LogP contribution in [0.5, 0.6) is 5.75 Å². The van der Waals surface area contributed by atoms with E-state index in [9.17, 15) is 4.79 Å². The molecule has 2 aliphatic rings. The fourth-order valence-corrected chi connectivity index (χ4v) is 2.86. The van der Waals surface area contributed by atoms with Gasteiger partial charge in [-0.05, 0) is 62.1 Å². The molecule has 0 unspecified atom stereocenters. The highest BCUT2D eigenvalue weighted by molar-refractivity contribution is 5.79. The number of carbonyl (C=O) groups excluding carboxylic acids is 1. The summed E-state index contributed by atoms with van der Waals surface area (Å²) in [5.41, 5.74) is 1.20. The Bertz CT molecular complexity index is 655. The van der Waals surface area contributed by atoms with Gasteiger partial charge in [-0.1, -0.05) is 12.1 Å². The Morgan fingerprint density at radius 2 is 1.86 bits per heavy atom. The van der Waals surface area contributed by atoms with Crippen molar-refractivity contribution in [1.29, 1.82) is 0 Å². The van der Waals surface area contributed by atoms with Crippen molar-refractivity contribution in [2.24, 2.45) is 10.9 Å². The average Bonchev–Trinajstić information content (AvgIpc) is 3.65. The number of ether oxygens (including phenoxy) is 2. The summed E-state index contributed by atoms with van der Waals surface area (Å²) in [4.78, 5) is 15.9. The lowest BCUT2D eigenvalue weighted by Crippen LogP contribution is -2.39. The average molecular weight is 403 g/mol. The third-order valence-electron chi connectivity index (χ3n) is 4.97. The van der Waals surface area contributed by atoms with Gasteiger partial charge in [-0.25, -0.2) is 0 Å². The van der Waals surface area contributed by atoms with E-state index < -0.39 is 0 Å². The summed E-state index contributed by atoms with van der Waals surface area (Å²) in [5.74, 6) is 2.31. The van der Waals surface area contributed by atoms with Crippen LogP contribution in [0.25, 0.3) is 0 Å². The summed E-state index contributed by atoms with van der Waals surface area (Å²) in [6.45, 7) is 3.44. The van der Waals surface area contributed by atoms with Crippen LogP contribution in [0.4, 0.5) is 0 Å². The van der Waals surface area contributed by atoms with E-state index in [4.69, 9.17) is 9.47 Å². The van der Waals surface area contributed by atoms with Crippen molar-refractivity contribution < 1.29 is 14.3 Å². The SMILES string of the molecule is CN=C(NCCCOCC1CC1)NCCc1ccc(OCC(=O)NC2CC2)cc1. The molecular weight excluding hydrogens is 368 g/mol. The van der Waals surface area contributed by atoms with Gasteiger partial charge >= 0.3 is 0 Å². The number of nitrogens with zero attached hydrogens (tertiary/aromatic N) is 1. The second-order valence-corrected chi connectivity index (χ2v) is 7.82. The number of benzene rings is 1. The standard InChI is InChI=1S/C22H34N4O3/c1-23-22(24-12-2-14-28-15-18-3-4-18)25-13-11-17-5-9-20(10-6-17)29-16-21(27)26-19-7-8-19/h5-6,9-10,18-19H,2-4,7-8,11-16H2,1H3,(H,26,27)(H2,23,24,25). The van der Waals surface area contributed by atoms with Gasteiger partial charge in [-0.3, -0.25) is 9.79 Å². The number of hydrogen-bond donors (Lipinski definition) is 3. The molecule has 29 heavy (non-hydrogen) atoms. The zero-order chi connectivity index (χ0) is 20.3. The Kier molecular flexibility index (Phi) is 8.61. The lowest BCUT2D eigenvalue weighted by atomic mass is 10.1. The monoisotopic (exact) mass is 402 g/mol. The summed E-state index contributed by atoms with van der Waals surface area (Å²) in [6.07, 6.45) is 6.71. The third kappa shape index (κ3) is 9.17. The largest absolute Gasteiger partial charge is 0.484 e. The van der Waals surface area contributed by atoms with Gasteiger partial charge in [-0.2, -0.15) is 0 Å². The summed E-state index contributed by atoms with van der Waals surface area (Å²) in [5, 5.41) is 9.56. The van der Waals surface area contributed by atoms with Gasteiger partial charge in [0, 0.05) is 39.4 Å². The Hall–Kier alpha value is -2.28. The maximum atomic E-state index is 11.7. The second-order valence-electron chi connectivity index (χ2n) is 7.82. The first-order valence-corrected chi connectivity index (χ1v) is 10.8. The Labute approximate surface area is 173 Å². The first-order valence-electron chi connectivity index (χ1n) is 10.8. The molecule has 2 fully saturated rings. The zero-order valence-electron chi connectivity index (χ0n) is 17.4. The predicted molar refractivity (Wildman–Crippen MR) is 114 cm³/mol. The van der Waals surface area contributed by atoms with Crippen LogP contribution in [0.3, 0.4) is 0 Å². The first-order chi connectivity index (χ1) is 14.2. The molecule has 0 radical (unpaired) electrons. The van der Waals surface area contributed by atoms with Gasteiger partial charge in [0.15, 0.2) is 12.6 Å². The van der Waals surface area contributed by atoms with Crippen LogP contribution in [-0.2, 0) is 16.0 Å². The predicted octanol–water partition coefficient (Wildman–Crippen LogP) is 1.87. The van der Waals surface area contributed by atoms with Crippen molar-refractivity contribution in [1.82, 2.24) is 16.0 Å². The van der Waals surface area contributed by atoms with Gasteiger partial charge < -0.3 is 25.4 Å². The number of nitrogens with one attached hydrogen (secondary N) is 3. The number of amides is 1. The molecule has 2 saturated carbocycles. The highest BCUT2D eigenvalue weighted by Gasteiger charge is 2.23.